The van der Waals surface area contributed by atoms with Crippen LogP contribution in [0.2, 0.25) is 0 Å². The highest BCUT2D eigenvalue weighted by molar-refractivity contribution is 5.71. The zero-order chi connectivity index (χ0) is 27.8. The fourth-order valence-electron chi connectivity index (χ4n) is 3.56. The van der Waals surface area contributed by atoms with Gasteiger partial charge in [0.25, 0.3) is 5.95 Å². The minimum atomic E-state index is -4.70. The number of rotatable bonds is 6. The Balaban J connectivity index is 0.00000420. The first-order valence-corrected chi connectivity index (χ1v) is 11.2. The van der Waals surface area contributed by atoms with E-state index in [-0.39, 0.29) is 40.9 Å². The van der Waals surface area contributed by atoms with E-state index < -0.39 is 41.6 Å². The van der Waals surface area contributed by atoms with Gasteiger partial charge in [-0.15, -0.1) is 10.2 Å². The number of aromatic nitrogens is 5. The van der Waals surface area contributed by atoms with E-state index in [0.717, 1.165) is 24.3 Å². The molecular weight excluding hydrogens is 554 g/mol. The Hall–Kier alpha value is -3.94. The second kappa shape index (κ2) is 11.0. The second-order valence-corrected chi connectivity index (χ2v) is 8.59. The van der Waals surface area contributed by atoms with Gasteiger partial charge in [-0.1, -0.05) is 23.0 Å². The van der Waals surface area contributed by atoms with Crippen LogP contribution in [0.25, 0.3) is 16.9 Å². The maximum atomic E-state index is 13.7. The van der Waals surface area contributed by atoms with Crippen molar-refractivity contribution in [1.29, 1.82) is 0 Å². The molecule has 1 unspecified atom stereocenters. The summed E-state index contributed by atoms with van der Waals surface area (Å²) in [4.78, 5) is 16.2. The monoisotopic (exact) mass is 574 g/mol. The Morgan fingerprint density at radius 1 is 1.00 bits per heavy atom. The van der Waals surface area contributed by atoms with Crippen molar-refractivity contribution in [1.82, 2.24) is 19.7 Å². The number of benzene rings is 1. The Bertz CT molecular complexity index is 1470. The molecule has 0 fully saturated rings. The molecule has 0 radical (unpaired) electrons. The SMILES string of the molecule is CC(C)C(=O)OC(C)[n+]1cc(-c2ncccc2C(F)(F)F)cc2nnc(Nc3ccc(C(F)(F)F)cc3)n21.[Cl-]. The van der Waals surface area contributed by atoms with Crippen LogP contribution in [0.4, 0.5) is 38.0 Å². The summed E-state index contributed by atoms with van der Waals surface area (Å²) in [7, 11) is 0. The molecule has 39 heavy (non-hydrogen) atoms. The molecule has 0 saturated carbocycles. The number of anilines is 2. The van der Waals surface area contributed by atoms with E-state index in [1.54, 1.807) is 13.8 Å². The van der Waals surface area contributed by atoms with Crippen LogP contribution in [0, 0.1) is 5.92 Å². The highest BCUT2D eigenvalue weighted by Gasteiger charge is 2.36. The number of carbonyl (C=O) groups excluding carboxylic acids is 1. The Morgan fingerprint density at radius 3 is 2.26 bits per heavy atom. The van der Waals surface area contributed by atoms with E-state index in [1.165, 1.54) is 46.7 Å². The molecule has 0 aliphatic heterocycles. The van der Waals surface area contributed by atoms with E-state index in [1.807, 2.05) is 0 Å². The Labute approximate surface area is 224 Å². The molecule has 0 saturated heterocycles. The number of alkyl halides is 6. The average Bonchev–Trinajstić information content (AvgIpc) is 3.25. The minimum absolute atomic E-state index is 0. The second-order valence-electron chi connectivity index (χ2n) is 8.59. The van der Waals surface area contributed by atoms with Crippen LogP contribution < -0.4 is 22.4 Å². The molecule has 0 spiro atoms. The first-order valence-electron chi connectivity index (χ1n) is 11.2. The van der Waals surface area contributed by atoms with Gasteiger partial charge >= 0.3 is 24.5 Å². The van der Waals surface area contributed by atoms with Crippen LogP contribution in [-0.4, -0.2) is 25.7 Å². The summed E-state index contributed by atoms with van der Waals surface area (Å²) < 4.78 is 87.9. The van der Waals surface area contributed by atoms with Crippen molar-refractivity contribution in [3.8, 4) is 11.3 Å². The predicted molar refractivity (Wildman–Crippen MR) is 122 cm³/mol. The molecule has 4 rings (SSSR count). The summed E-state index contributed by atoms with van der Waals surface area (Å²) in [5, 5.41) is 10.8. The highest BCUT2D eigenvalue weighted by atomic mass is 35.5. The smallest absolute Gasteiger partial charge is 0.418 e. The zero-order valence-corrected chi connectivity index (χ0v) is 21.3. The van der Waals surface area contributed by atoms with Gasteiger partial charge in [-0.25, -0.2) is 0 Å². The standard InChI is InChI=1S/C24H20F6N6O2.ClH/c1-13(2)21(37)38-14(3)35-12-15(20-18(24(28,29)30)5-4-10-31-20)11-19-33-34-22(36(19)35)32-17-8-6-16(7-9-17)23(25,26)27;/h4-14H,1-3H3;1H. The highest BCUT2D eigenvalue weighted by Crippen LogP contribution is 2.36. The molecule has 1 aromatic carbocycles. The Morgan fingerprint density at radius 2 is 1.67 bits per heavy atom. The van der Waals surface area contributed by atoms with Gasteiger partial charge < -0.3 is 22.5 Å². The number of carbonyl (C=O) groups is 1. The van der Waals surface area contributed by atoms with Crippen molar-refractivity contribution in [3.05, 3.63) is 66.0 Å². The fraction of sp³-hybridized carbons (Fsp3) is 0.292. The maximum absolute atomic E-state index is 13.7. The first kappa shape index (κ1) is 29.6. The number of nitrogens with one attached hydrogen (secondary N) is 1. The molecule has 1 N–H and O–H groups in total. The van der Waals surface area contributed by atoms with Gasteiger partial charge in [0.1, 0.15) is 0 Å². The van der Waals surface area contributed by atoms with Crippen LogP contribution >= 0.6 is 0 Å². The molecule has 8 nitrogen and oxygen atoms in total. The fourth-order valence-corrected chi connectivity index (χ4v) is 3.56. The van der Waals surface area contributed by atoms with Gasteiger partial charge in [-0.05, 0) is 36.4 Å². The third-order valence-electron chi connectivity index (χ3n) is 5.44. The lowest BCUT2D eigenvalue weighted by atomic mass is 10.1. The lowest BCUT2D eigenvalue weighted by Crippen LogP contribution is -3.00. The lowest BCUT2D eigenvalue weighted by Gasteiger charge is -2.14. The number of halogens is 7. The molecule has 0 bridgehead atoms. The van der Waals surface area contributed by atoms with Gasteiger partial charge in [0, 0.05) is 24.9 Å². The maximum Gasteiger partial charge on any atom is 0.418 e. The number of ether oxygens (including phenoxy) is 1. The van der Waals surface area contributed by atoms with Crippen molar-refractivity contribution in [2.75, 3.05) is 5.32 Å². The summed E-state index contributed by atoms with van der Waals surface area (Å²) in [6, 6.07) is 7.50. The predicted octanol–water partition coefficient (Wildman–Crippen LogP) is 2.58. The van der Waals surface area contributed by atoms with Crippen LogP contribution in [0.5, 0.6) is 0 Å². The normalized spacial score (nSPS) is 12.8. The van der Waals surface area contributed by atoms with E-state index in [0.29, 0.717) is 0 Å². The van der Waals surface area contributed by atoms with Crippen molar-refractivity contribution < 1.29 is 53.0 Å². The summed E-state index contributed by atoms with van der Waals surface area (Å²) >= 11 is 0. The molecule has 4 aromatic rings. The number of hydrogen-bond acceptors (Lipinski definition) is 6. The van der Waals surface area contributed by atoms with Gasteiger partial charge in [-0.3, -0.25) is 9.78 Å². The summed E-state index contributed by atoms with van der Waals surface area (Å²) in [5.41, 5.74) is -1.89. The molecule has 3 aromatic heterocycles. The number of fused-ring (bicyclic) bond motifs is 1. The molecule has 15 heteroatoms. The molecule has 0 aliphatic carbocycles. The van der Waals surface area contributed by atoms with Gasteiger partial charge in [0.05, 0.1) is 28.3 Å². The van der Waals surface area contributed by atoms with Crippen LogP contribution in [0.1, 0.15) is 38.1 Å². The summed E-state index contributed by atoms with van der Waals surface area (Å²) in [6.07, 6.45) is -7.75. The summed E-state index contributed by atoms with van der Waals surface area (Å²) in [5.74, 6) is -1.05. The van der Waals surface area contributed by atoms with Crippen LogP contribution in [0.3, 0.4) is 0 Å². The third kappa shape index (κ3) is 6.38. The van der Waals surface area contributed by atoms with Crippen molar-refractivity contribution >= 4 is 23.3 Å². The Kier molecular flexibility index (Phi) is 8.39. The molecule has 3 heterocycles. The van der Waals surface area contributed by atoms with E-state index in [2.05, 4.69) is 20.5 Å². The quantitative estimate of drug-likeness (QED) is 0.217. The number of pyridine rings is 1. The summed E-state index contributed by atoms with van der Waals surface area (Å²) in [6.45, 7) is 4.73. The third-order valence-corrected chi connectivity index (χ3v) is 5.44. The average molecular weight is 575 g/mol. The topological polar surface area (TPSA) is 85.3 Å². The van der Waals surface area contributed by atoms with E-state index >= 15 is 0 Å². The molecule has 1 atom stereocenters. The first-order chi connectivity index (χ1) is 17.8. The van der Waals surface area contributed by atoms with Crippen LogP contribution in [0.15, 0.2) is 54.9 Å². The van der Waals surface area contributed by atoms with Crippen molar-refractivity contribution in [2.24, 2.45) is 5.92 Å². The van der Waals surface area contributed by atoms with E-state index in [9.17, 15) is 31.1 Å². The van der Waals surface area contributed by atoms with Gasteiger partial charge in [0.2, 0.25) is 11.8 Å². The van der Waals surface area contributed by atoms with Crippen molar-refractivity contribution in [3.63, 3.8) is 0 Å². The van der Waals surface area contributed by atoms with Crippen LogP contribution in [-0.2, 0) is 21.9 Å². The molecule has 208 valence electrons. The number of esters is 1. The lowest BCUT2D eigenvalue weighted by molar-refractivity contribution is -0.811. The molecule has 0 aliphatic rings. The van der Waals surface area contributed by atoms with Gasteiger partial charge in [-0.2, -0.15) is 26.3 Å². The largest absolute Gasteiger partial charge is 1.00 e. The number of hydrogen-bond donors (Lipinski definition) is 1. The zero-order valence-electron chi connectivity index (χ0n) is 20.5. The van der Waals surface area contributed by atoms with Crippen molar-refractivity contribution in [2.45, 2.75) is 39.4 Å². The molecular formula is C24H21ClF6N6O2. The minimum Gasteiger partial charge on any atom is -1.00 e. The number of nitrogens with zero attached hydrogens (tertiary/aromatic N) is 5. The molecule has 0 amide bonds. The van der Waals surface area contributed by atoms with E-state index in [4.69, 9.17) is 4.74 Å². The van der Waals surface area contributed by atoms with Gasteiger partial charge in [0.15, 0.2) is 0 Å².